The van der Waals surface area contributed by atoms with Gasteiger partial charge >= 0.3 is 5.97 Å². The SMILES string of the molecule is CS(=O)(=O)n1c(Cl)ccc1C(CN)C(=O)O. The molecule has 1 rings (SSSR count). The zero-order valence-electron chi connectivity index (χ0n) is 8.42. The predicted molar refractivity (Wildman–Crippen MR) is 59.1 cm³/mol. The maximum atomic E-state index is 11.4. The number of aromatic nitrogens is 1. The van der Waals surface area contributed by atoms with Crippen molar-refractivity contribution in [2.45, 2.75) is 5.92 Å². The van der Waals surface area contributed by atoms with E-state index in [1.165, 1.54) is 12.1 Å². The Labute approximate surface area is 97.7 Å². The molecule has 1 aromatic heterocycles. The number of carbonyl (C=O) groups is 1. The molecule has 8 heteroatoms. The fraction of sp³-hybridized carbons (Fsp3) is 0.375. The lowest BCUT2D eigenvalue weighted by atomic mass is 10.1. The second kappa shape index (κ2) is 4.44. The molecule has 0 aromatic carbocycles. The topological polar surface area (TPSA) is 102 Å². The van der Waals surface area contributed by atoms with E-state index < -0.39 is 21.9 Å². The van der Waals surface area contributed by atoms with Gasteiger partial charge in [-0.3, -0.25) is 4.79 Å². The number of carboxylic acids is 1. The number of hydrogen-bond donors (Lipinski definition) is 2. The average Bonchev–Trinajstić information content (AvgIpc) is 2.47. The van der Waals surface area contributed by atoms with E-state index in [9.17, 15) is 13.2 Å². The van der Waals surface area contributed by atoms with Gasteiger partial charge in [-0.05, 0) is 12.1 Å². The van der Waals surface area contributed by atoms with Crippen molar-refractivity contribution in [3.05, 3.63) is 23.0 Å². The van der Waals surface area contributed by atoms with E-state index in [1.807, 2.05) is 0 Å². The molecule has 0 aliphatic heterocycles. The van der Waals surface area contributed by atoms with Crippen LogP contribution in [0.2, 0.25) is 5.15 Å². The van der Waals surface area contributed by atoms with E-state index in [4.69, 9.17) is 22.4 Å². The summed E-state index contributed by atoms with van der Waals surface area (Å²) in [6.45, 7) is -0.203. The maximum absolute atomic E-state index is 11.4. The number of carboxylic acid groups (broad SMARTS) is 1. The minimum atomic E-state index is -3.64. The van der Waals surface area contributed by atoms with E-state index in [-0.39, 0.29) is 17.4 Å². The highest BCUT2D eigenvalue weighted by Gasteiger charge is 2.26. The van der Waals surface area contributed by atoms with Crippen molar-refractivity contribution in [3.8, 4) is 0 Å². The summed E-state index contributed by atoms with van der Waals surface area (Å²) >= 11 is 5.69. The van der Waals surface area contributed by atoms with Gasteiger partial charge in [0.1, 0.15) is 11.1 Å². The lowest BCUT2D eigenvalue weighted by Gasteiger charge is -2.13. The van der Waals surface area contributed by atoms with E-state index in [1.54, 1.807) is 0 Å². The Hall–Kier alpha value is -1.05. The number of nitrogens with two attached hydrogens (primary N) is 1. The van der Waals surface area contributed by atoms with Crippen LogP contribution in [0.3, 0.4) is 0 Å². The molecule has 0 aliphatic rings. The highest BCUT2D eigenvalue weighted by Crippen LogP contribution is 2.23. The summed E-state index contributed by atoms with van der Waals surface area (Å²) < 4.78 is 23.6. The van der Waals surface area contributed by atoms with Crippen molar-refractivity contribution in [2.24, 2.45) is 5.73 Å². The van der Waals surface area contributed by atoms with Gasteiger partial charge in [-0.15, -0.1) is 0 Å². The predicted octanol–water partition coefficient (Wildman–Crippen LogP) is 0.0761. The van der Waals surface area contributed by atoms with Gasteiger partial charge < -0.3 is 10.8 Å². The second-order valence-electron chi connectivity index (χ2n) is 3.23. The first-order chi connectivity index (χ1) is 7.29. The van der Waals surface area contributed by atoms with Crippen molar-refractivity contribution in [2.75, 3.05) is 12.8 Å². The summed E-state index contributed by atoms with van der Waals surface area (Å²) in [5, 5.41) is 8.84. The van der Waals surface area contributed by atoms with E-state index in [2.05, 4.69) is 0 Å². The third kappa shape index (κ3) is 2.37. The largest absolute Gasteiger partial charge is 0.481 e. The molecule has 6 nitrogen and oxygen atoms in total. The number of rotatable bonds is 4. The van der Waals surface area contributed by atoms with Gasteiger partial charge in [0, 0.05) is 6.54 Å². The molecule has 0 saturated heterocycles. The third-order valence-corrected chi connectivity index (χ3v) is 3.51. The van der Waals surface area contributed by atoms with E-state index in [0.29, 0.717) is 0 Å². The van der Waals surface area contributed by atoms with Gasteiger partial charge in [-0.1, -0.05) is 11.6 Å². The molecule has 0 radical (unpaired) electrons. The Morgan fingerprint density at radius 2 is 2.19 bits per heavy atom. The molecule has 1 atom stereocenters. The van der Waals surface area contributed by atoms with Crippen LogP contribution >= 0.6 is 11.6 Å². The van der Waals surface area contributed by atoms with Gasteiger partial charge in [0.25, 0.3) is 0 Å². The number of halogens is 1. The van der Waals surface area contributed by atoms with Crippen molar-refractivity contribution in [3.63, 3.8) is 0 Å². The molecule has 0 amide bonds. The molecule has 16 heavy (non-hydrogen) atoms. The van der Waals surface area contributed by atoms with Crippen molar-refractivity contribution >= 4 is 27.6 Å². The van der Waals surface area contributed by atoms with Crippen LogP contribution in [0, 0.1) is 0 Å². The summed E-state index contributed by atoms with van der Waals surface area (Å²) in [6.07, 6.45) is 0.942. The first kappa shape index (κ1) is 13.0. The molecule has 90 valence electrons. The molecular weight excluding hydrogens is 256 g/mol. The Balaban J connectivity index is 3.41. The van der Waals surface area contributed by atoms with Gasteiger partial charge in [0.05, 0.1) is 11.9 Å². The quantitative estimate of drug-likeness (QED) is 0.803. The Morgan fingerprint density at radius 1 is 1.62 bits per heavy atom. The van der Waals surface area contributed by atoms with Crippen LogP contribution < -0.4 is 5.73 Å². The first-order valence-electron chi connectivity index (χ1n) is 4.29. The Kier molecular flexibility index (Phi) is 3.61. The van der Waals surface area contributed by atoms with Crippen LogP contribution in [0.5, 0.6) is 0 Å². The average molecular weight is 267 g/mol. The maximum Gasteiger partial charge on any atom is 0.313 e. The molecule has 0 spiro atoms. The lowest BCUT2D eigenvalue weighted by Crippen LogP contribution is -2.26. The van der Waals surface area contributed by atoms with Crippen LogP contribution in [0.25, 0.3) is 0 Å². The highest BCUT2D eigenvalue weighted by atomic mass is 35.5. The zero-order chi connectivity index (χ0) is 12.5. The summed E-state index contributed by atoms with van der Waals surface area (Å²) in [6, 6.07) is 2.67. The summed E-state index contributed by atoms with van der Waals surface area (Å²) in [5.74, 6) is -2.29. The fourth-order valence-electron chi connectivity index (χ4n) is 1.37. The molecule has 1 unspecified atom stereocenters. The van der Waals surface area contributed by atoms with Gasteiger partial charge in [-0.25, -0.2) is 12.4 Å². The van der Waals surface area contributed by atoms with Crippen LogP contribution in [0.15, 0.2) is 12.1 Å². The smallest absolute Gasteiger partial charge is 0.313 e. The zero-order valence-corrected chi connectivity index (χ0v) is 9.99. The number of nitrogens with zero attached hydrogens (tertiary/aromatic N) is 1. The van der Waals surface area contributed by atoms with Crippen LogP contribution in [0.1, 0.15) is 11.6 Å². The molecule has 0 bridgehead atoms. The Bertz CT molecular complexity index is 508. The van der Waals surface area contributed by atoms with Gasteiger partial charge in [0.2, 0.25) is 10.0 Å². The van der Waals surface area contributed by atoms with Crippen LogP contribution in [0.4, 0.5) is 0 Å². The van der Waals surface area contributed by atoms with Gasteiger partial charge in [0.15, 0.2) is 0 Å². The summed E-state index contributed by atoms with van der Waals surface area (Å²) in [4.78, 5) is 10.9. The van der Waals surface area contributed by atoms with Gasteiger partial charge in [-0.2, -0.15) is 0 Å². The first-order valence-corrected chi connectivity index (χ1v) is 6.52. The monoisotopic (exact) mass is 266 g/mol. The molecular formula is C8H11ClN2O4S. The lowest BCUT2D eigenvalue weighted by molar-refractivity contribution is -0.138. The number of aliphatic carboxylic acids is 1. The molecule has 1 heterocycles. The van der Waals surface area contributed by atoms with Crippen LogP contribution in [-0.2, 0) is 14.8 Å². The normalized spacial score (nSPS) is 13.7. The second-order valence-corrected chi connectivity index (χ2v) is 5.45. The minimum absolute atomic E-state index is 0.0579. The molecule has 0 saturated carbocycles. The van der Waals surface area contributed by atoms with E-state index in [0.717, 1.165) is 10.2 Å². The van der Waals surface area contributed by atoms with Crippen molar-refractivity contribution < 1.29 is 18.3 Å². The third-order valence-electron chi connectivity index (χ3n) is 2.04. The summed E-state index contributed by atoms with van der Waals surface area (Å²) in [5.41, 5.74) is 5.35. The van der Waals surface area contributed by atoms with E-state index >= 15 is 0 Å². The summed E-state index contributed by atoms with van der Waals surface area (Å²) in [7, 11) is -3.64. The minimum Gasteiger partial charge on any atom is -0.481 e. The molecule has 0 fully saturated rings. The van der Waals surface area contributed by atoms with Crippen molar-refractivity contribution in [1.29, 1.82) is 0 Å². The Morgan fingerprint density at radius 3 is 2.56 bits per heavy atom. The molecule has 1 aromatic rings. The van der Waals surface area contributed by atoms with Crippen LogP contribution in [-0.4, -0.2) is 36.3 Å². The fourth-order valence-corrected chi connectivity index (χ4v) is 2.85. The standard InChI is InChI=1S/C8H11ClN2O4S/c1-16(14,15)11-6(2-3-7(11)9)5(4-10)8(12)13/h2-3,5H,4,10H2,1H3,(H,12,13). The molecule has 3 N–H and O–H groups in total. The highest BCUT2D eigenvalue weighted by molar-refractivity contribution is 7.89. The molecule has 0 aliphatic carbocycles. The number of hydrogen-bond acceptors (Lipinski definition) is 4. The van der Waals surface area contributed by atoms with Crippen molar-refractivity contribution in [1.82, 2.24) is 3.97 Å².